The molecule has 0 aromatic carbocycles. The van der Waals surface area contributed by atoms with Crippen LogP contribution in [0.2, 0.25) is 0 Å². The minimum atomic E-state index is -0.862. The maximum Gasteiger partial charge on any atom is 0.225 e. The van der Waals surface area contributed by atoms with Gasteiger partial charge in [-0.1, -0.05) is 20.8 Å². The van der Waals surface area contributed by atoms with E-state index < -0.39 is 5.60 Å². The van der Waals surface area contributed by atoms with Crippen LogP contribution in [0.15, 0.2) is 0 Å². The van der Waals surface area contributed by atoms with Gasteiger partial charge < -0.3 is 15.2 Å². The Hall–Kier alpha value is -0.610. The molecule has 4 heteroatoms. The molecular formula is C11H21NO3. The molecule has 0 aromatic heterocycles. The standard InChI is InChI=1S/C11H21NO3/c1-4-10(2,3)9(13)12-7-11(14)5-6-15-8-11/h14H,4-8H2,1-3H3,(H,12,13). The molecule has 0 aliphatic carbocycles. The van der Waals surface area contributed by atoms with Crippen molar-refractivity contribution in [3.05, 3.63) is 0 Å². The molecule has 15 heavy (non-hydrogen) atoms. The average Bonchev–Trinajstić information content (AvgIpc) is 2.62. The maximum atomic E-state index is 11.7. The Balaban J connectivity index is 2.40. The summed E-state index contributed by atoms with van der Waals surface area (Å²) < 4.78 is 5.10. The molecule has 0 saturated carbocycles. The summed E-state index contributed by atoms with van der Waals surface area (Å²) in [6, 6.07) is 0. The summed E-state index contributed by atoms with van der Waals surface area (Å²) >= 11 is 0. The Kier molecular flexibility index (Phi) is 3.73. The second kappa shape index (κ2) is 4.49. The molecule has 1 amide bonds. The molecule has 0 radical (unpaired) electrons. The van der Waals surface area contributed by atoms with Gasteiger partial charge in [0.15, 0.2) is 0 Å². The third kappa shape index (κ3) is 3.18. The number of ether oxygens (including phenoxy) is 1. The molecule has 1 atom stereocenters. The van der Waals surface area contributed by atoms with Crippen LogP contribution in [0.1, 0.15) is 33.6 Å². The number of aliphatic hydroxyl groups is 1. The fraction of sp³-hybridized carbons (Fsp3) is 0.909. The van der Waals surface area contributed by atoms with Crippen LogP contribution in [0.5, 0.6) is 0 Å². The summed E-state index contributed by atoms with van der Waals surface area (Å²) in [5.74, 6) is -0.00896. The molecule has 1 rings (SSSR count). The van der Waals surface area contributed by atoms with Gasteiger partial charge in [0.2, 0.25) is 5.91 Å². The number of carbonyl (C=O) groups excluding carboxylic acids is 1. The van der Waals surface area contributed by atoms with E-state index in [4.69, 9.17) is 4.74 Å². The minimum absolute atomic E-state index is 0.00896. The number of hydrogen-bond acceptors (Lipinski definition) is 3. The summed E-state index contributed by atoms with van der Waals surface area (Å²) in [7, 11) is 0. The van der Waals surface area contributed by atoms with Crippen LogP contribution >= 0.6 is 0 Å². The minimum Gasteiger partial charge on any atom is -0.386 e. The zero-order valence-electron chi connectivity index (χ0n) is 9.80. The van der Waals surface area contributed by atoms with Crippen molar-refractivity contribution in [3.63, 3.8) is 0 Å². The molecule has 1 saturated heterocycles. The number of amides is 1. The topological polar surface area (TPSA) is 58.6 Å². The van der Waals surface area contributed by atoms with Gasteiger partial charge in [-0.15, -0.1) is 0 Å². The van der Waals surface area contributed by atoms with Crippen molar-refractivity contribution in [2.45, 2.75) is 39.2 Å². The number of hydrogen-bond donors (Lipinski definition) is 2. The van der Waals surface area contributed by atoms with E-state index in [0.29, 0.717) is 19.6 Å². The Morgan fingerprint density at radius 1 is 1.60 bits per heavy atom. The monoisotopic (exact) mass is 215 g/mol. The quantitative estimate of drug-likeness (QED) is 0.725. The molecule has 0 spiro atoms. The second-order valence-electron chi connectivity index (χ2n) is 4.95. The van der Waals surface area contributed by atoms with Gasteiger partial charge in [0, 0.05) is 25.0 Å². The molecule has 1 aliphatic rings. The Morgan fingerprint density at radius 2 is 2.27 bits per heavy atom. The maximum absolute atomic E-state index is 11.7. The van der Waals surface area contributed by atoms with E-state index in [1.54, 1.807) is 0 Å². The first-order valence-electron chi connectivity index (χ1n) is 5.48. The first-order valence-corrected chi connectivity index (χ1v) is 5.48. The fourth-order valence-electron chi connectivity index (χ4n) is 1.38. The van der Waals surface area contributed by atoms with E-state index in [-0.39, 0.29) is 17.9 Å². The zero-order valence-corrected chi connectivity index (χ0v) is 9.80. The smallest absolute Gasteiger partial charge is 0.225 e. The lowest BCUT2D eigenvalue weighted by Crippen LogP contribution is -2.47. The van der Waals surface area contributed by atoms with Gasteiger partial charge in [-0.2, -0.15) is 0 Å². The van der Waals surface area contributed by atoms with Crippen molar-refractivity contribution < 1.29 is 14.6 Å². The van der Waals surface area contributed by atoms with Crippen molar-refractivity contribution >= 4 is 5.91 Å². The Morgan fingerprint density at radius 3 is 2.73 bits per heavy atom. The molecule has 1 fully saturated rings. The highest BCUT2D eigenvalue weighted by Gasteiger charge is 2.34. The predicted molar refractivity (Wildman–Crippen MR) is 57.5 cm³/mol. The van der Waals surface area contributed by atoms with Crippen molar-refractivity contribution in [2.24, 2.45) is 5.41 Å². The van der Waals surface area contributed by atoms with Gasteiger partial charge in [-0.25, -0.2) is 0 Å². The van der Waals surface area contributed by atoms with Crippen LogP contribution in [0.3, 0.4) is 0 Å². The lowest BCUT2D eigenvalue weighted by atomic mass is 9.89. The van der Waals surface area contributed by atoms with Crippen molar-refractivity contribution in [3.8, 4) is 0 Å². The van der Waals surface area contributed by atoms with E-state index in [1.807, 2.05) is 20.8 Å². The molecule has 1 aliphatic heterocycles. The highest BCUT2D eigenvalue weighted by Crippen LogP contribution is 2.21. The first kappa shape index (κ1) is 12.5. The van der Waals surface area contributed by atoms with Crippen molar-refractivity contribution in [1.82, 2.24) is 5.32 Å². The molecule has 0 bridgehead atoms. The van der Waals surface area contributed by atoms with E-state index in [2.05, 4.69) is 5.32 Å². The predicted octanol–water partition coefficient (Wildman–Crippen LogP) is 0.690. The van der Waals surface area contributed by atoms with Gasteiger partial charge >= 0.3 is 0 Å². The third-order valence-corrected chi connectivity index (χ3v) is 3.16. The summed E-state index contributed by atoms with van der Waals surface area (Å²) in [6.07, 6.45) is 1.38. The van der Waals surface area contributed by atoms with Crippen molar-refractivity contribution in [1.29, 1.82) is 0 Å². The van der Waals surface area contributed by atoms with Gasteiger partial charge in [-0.05, 0) is 6.42 Å². The SMILES string of the molecule is CCC(C)(C)C(=O)NCC1(O)CCOC1. The van der Waals surface area contributed by atoms with Crippen LogP contribution in [0, 0.1) is 5.41 Å². The van der Waals surface area contributed by atoms with Gasteiger partial charge in [0.1, 0.15) is 5.60 Å². The summed E-state index contributed by atoms with van der Waals surface area (Å²) in [4.78, 5) is 11.7. The molecule has 2 N–H and O–H groups in total. The van der Waals surface area contributed by atoms with Crippen LogP contribution < -0.4 is 5.32 Å². The Labute approximate surface area is 91.0 Å². The van der Waals surface area contributed by atoms with E-state index in [1.165, 1.54) is 0 Å². The van der Waals surface area contributed by atoms with Gasteiger partial charge in [0.05, 0.1) is 6.61 Å². The van der Waals surface area contributed by atoms with Crippen LogP contribution in [0.25, 0.3) is 0 Å². The average molecular weight is 215 g/mol. The molecule has 4 nitrogen and oxygen atoms in total. The summed E-state index contributed by atoms with van der Waals surface area (Å²) in [6.45, 7) is 6.96. The Bertz CT molecular complexity index is 232. The highest BCUT2D eigenvalue weighted by atomic mass is 16.5. The second-order valence-corrected chi connectivity index (χ2v) is 4.95. The van der Waals surface area contributed by atoms with Crippen LogP contribution in [0.4, 0.5) is 0 Å². The summed E-state index contributed by atoms with van der Waals surface area (Å²) in [5, 5.41) is 12.7. The number of rotatable bonds is 4. The molecular weight excluding hydrogens is 194 g/mol. The van der Waals surface area contributed by atoms with Gasteiger partial charge in [0.25, 0.3) is 0 Å². The normalized spacial score (nSPS) is 26.7. The zero-order chi connectivity index (χ0) is 11.5. The highest BCUT2D eigenvalue weighted by molar-refractivity contribution is 5.81. The third-order valence-electron chi connectivity index (χ3n) is 3.16. The lowest BCUT2D eigenvalue weighted by molar-refractivity contribution is -0.130. The summed E-state index contributed by atoms with van der Waals surface area (Å²) in [5.41, 5.74) is -1.23. The molecule has 0 aromatic rings. The van der Waals surface area contributed by atoms with Gasteiger partial charge in [-0.3, -0.25) is 4.79 Å². The van der Waals surface area contributed by atoms with Crippen LogP contribution in [-0.2, 0) is 9.53 Å². The van der Waals surface area contributed by atoms with Crippen molar-refractivity contribution in [2.75, 3.05) is 19.8 Å². The first-order chi connectivity index (χ1) is 6.90. The lowest BCUT2D eigenvalue weighted by Gasteiger charge is -2.26. The molecule has 1 heterocycles. The largest absolute Gasteiger partial charge is 0.386 e. The fourth-order valence-corrected chi connectivity index (χ4v) is 1.38. The number of nitrogens with one attached hydrogen (secondary N) is 1. The van der Waals surface area contributed by atoms with E-state index in [9.17, 15) is 9.90 Å². The molecule has 88 valence electrons. The number of carbonyl (C=O) groups is 1. The molecule has 1 unspecified atom stereocenters. The van der Waals surface area contributed by atoms with E-state index >= 15 is 0 Å². The van der Waals surface area contributed by atoms with E-state index in [0.717, 1.165) is 6.42 Å². The van der Waals surface area contributed by atoms with Crippen LogP contribution in [-0.4, -0.2) is 36.4 Å².